The maximum Gasteiger partial charge on any atom is 0.230 e. The number of thioether (sulfide) groups is 1. The predicted molar refractivity (Wildman–Crippen MR) is 81.1 cm³/mol. The highest BCUT2D eigenvalue weighted by molar-refractivity contribution is 8.00. The van der Waals surface area contributed by atoms with Gasteiger partial charge in [-0.25, -0.2) is 0 Å². The minimum atomic E-state index is 0.170. The monoisotopic (exact) mass is 291 g/mol. The summed E-state index contributed by atoms with van der Waals surface area (Å²) < 4.78 is 5.12. The third-order valence-electron chi connectivity index (χ3n) is 4.51. The molecule has 0 aromatic heterocycles. The van der Waals surface area contributed by atoms with Crippen molar-refractivity contribution < 1.29 is 9.53 Å². The molecule has 2 saturated carbocycles. The molecule has 1 aromatic carbocycles. The number of carbonyl (C=O) groups is 1. The van der Waals surface area contributed by atoms with E-state index in [0.717, 1.165) is 22.5 Å². The third kappa shape index (κ3) is 3.11. The maximum atomic E-state index is 12.0. The number of fused-ring (bicyclic) bond motifs is 2. The van der Waals surface area contributed by atoms with Crippen LogP contribution in [0.2, 0.25) is 0 Å². The lowest BCUT2D eigenvalue weighted by Crippen LogP contribution is -2.39. The van der Waals surface area contributed by atoms with Gasteiger partial charge in [0.15, 0.2) is 0 Å². The Morgan fingerprint density at radius 3 is 2.70 bits per heavy atom. The normalized spacial score (nSPS) is 27.6. The molecule has 0 unspecified atom stereocenters. The van der Waals surface area contributed by atoms with Crippen LogP contribution < -0.4 is 10.1 Å². The molecule has 20 heavy (non-hydrogen) atoms. The van der Waals surface area contributed by atoms with Crippen LogP contribution in [0.15, 0.2) is 29.2 Å². The van der Waals surface area contributed by atoms with Crippen molar-refractivity contribution >= 4 is 17.7 Å². The summed E-state index contributed by atoms with van der Waals surface area (Å²) in [7, 11) is 1.66. The maximum absolute atomic E-state index is 12.0. The third-order valence-corrected chi connectivity index (χ3v) is 5.53. The highest BCUT2D eigenvalue weighted by Gasteiger charge is 2.39. The molecule has 0 aliphatic heterocycles. The molecule has 0 saturated heterocycles. The van der Waals surface area contributed by atoms with Crippen LogP contribution in [-0.4, -0.2) is 24.8 Å². The SMILES string of the molecule is COc1ccc(SCC(=O)N[C@@H]2C[C@@H]3CC[C@@H]2C3)cc1. The number of carbonyl (C=O) groups excluding carboxylic acids is 1. The van der Waals surface area contributed by atoms with Crippen LogP contribution in [0.1, 0.15) is 25.7 Å². The Kier molecular flexibility index (Phi) is 4.20. The first-order chi connectivity index (χ1) is 9.74. The van der Waals surface area contributed by atoms with Gasteiger partial charge in [-0.15, -0.1) is 11.8 Å². The van der Waals surface area contributed by atoms with E-state index >= 15 is 0 Å². The van der Waals surface area contributed by atoms with Crippen molar-refractivity contribution in [2.45, 2.75) is 36.6 Å². The molecule has 1 N–H and O–H groups in total. The molecule has 1 amide bonds. The number of rotatable bonds is 5. The lowest BCUT2D eigenvalue weighted by Gasteiger charge is -2.22. The summed E-state index contributed by atoms with van der Waals surface area (Å²) in [5.74, 6) is 3.14. The van der Waals surface area contributed by atoms with Crippen LogP contribution in [0, 0.1) is 11.8 Å². The molecule has 2 bridgehead atoms. The summed E-state index contributed by atoms with van der Waals surface area (Å²) in [6.45, 7) is 0. The number of benzene rings is 1. The van der Waals surface area contributed by atoms with Crippen LogP contribution in [0.5, 0.6) is 5.75 Å². The second-order valence-electron chi connectivity index (χ2n) is 5.81. The zero-order valence-electron chi connectivity index (χ0n) is 11.8. The molecule has 2 aliphatic rings. The Morgan fingerprint density at radius 1 is 1.30 bits per heavy atom. The van der Waals surface area contributed by atoms with E-state index < -0.39 is 0 Å². The van der Waals surface area contributed by atoms with E-state index in [4.69, 9.17) is 4.74 Å². The lowest BCUT2D eigenvalue weighted by molar-refractivity contribution is -0.119. The first kappa shape index (κ1) is 13.8. The molecule has 0 radical (unpaired) electrons. The molecule has 2 fully saturated rings. The zero-order chi connectivity index (χ0) is 13.9. The van der Waals surface area contributed by atoms with Gasteiger partial charge in [0.25, 0.3) is 0 Å². The van der Waals surface area contributed by atoms with Crippen molar-refractivity contribution in [2.24, 2.45) is 11.8 Å². The summed E-state index contributed by atoms with van der Waals surface area (Å²) in [5.41, 5.74) is 0. The summed E-state index contributed by atoms with van der Waals surface area (Å²) in [6.07, 6.45) is 5.21. The number of amides is 1. The van der Waals surface area contributed by atoms with Crippen LogP contribution in [0.3, 0.4) is 0 Å². The van der Waals surface area contributed by atoms with Gasteiger partial charge in [0.1, 0.15) is 5.75 Å². The number of hydrogen-bond acceptors (Lipinski definition) is 3. The Bertz CT molecular complexity index is 474. The van der Waals surface area contributed by atoms with E-state index in [1.807, 2.05) is 24.3 Å². The van der Waals surface area contributed by atoms with Gasteiger partial charge in [0, 0.05) is 10.9 Å². The van der Waals surface area contributed by atoms with Gasteiger partial charge >= 0.3 is 0 Å². The van der Waals surface area contributed by atoms with Gasteiger partial charge in [-0.05, 0) is 55.4 Å². The number of hydrogen-bond donors (Lipinski definition) is 1. The Labute approximate surface area is 124 Å². The van der Waals surface area contributed by atoms with Crippen LogP contribution in [0.4, 0.5) is 0 Å². The van der Waals surface area contributed by atoms with Crippen molar-refractivity contribution in [3.8, 4) is 5.75 Å². The van der Waals surface area contributed by atoms with Crippen LogP contribution >= 0.6 is 11.8 Å². The molecular weight excluding hydrogens is 270 g/mol. The van der Waals surface area contributed by atoms with Gasteiger partial charge in [0.05, 0.1) is 12.9 Å². The van der Waals surface area contributed by atoms with Gasteiger partial charge < -0.3 is 10.1 Å². The molecule has 1 aromatic rings. The highest BCUT2D eigenvalue weighted by atomic mass is 32.2. The first-order valence-electron chi connectivity index (χ1n) is 7.31. The molecule has 4 heteroatoms. The Morgan fingerprint density at radius 2 is 2.10 bits per heavy atom. The highest BCUT2D eigenvalue weighted by Crippen LogP contribution is 2.44. The van der Waals surface area contributed by atoms with Gasteiger partial charge in [0.2, 0.25) is 5.91 Å². The smallest absolute Gasteiger partial charge is 0.230 e. The van der Waals surface area contributed by atoms with Gasteiger partial charge in [-0.3, -0.25) is 4.79 Å². The van der Waals surface area contributed by atoms with Crippen LogP contribution in [-0.2, 0) is 4.79 Å². The molecule has 0 spiro atoms. The summed E-state index contributed by atoms with van der Waals surface area (Å²) in [6, 6.07) is 8.28. The quantitative estimate of drug-likeness (QED) is 0.847. The summed E-state index contributed by atoms with van der Waals surface area (Å²) in [4.78, 5) is 13.1. The van der Waals surface area contributed by atoms with Crippen LogP contribution in [0.25, 0.3) is 0 Å². The average Bonchev–Trinajstić information content (AvgIpc) is 3.08. The molecule has 3 rings (SSSR count). The largest absolute Gasteiger partial charge is 0.497 e. The van der Waals surface area contributed by atoms with E-state index in [0.29, 0.717) is 11.8 Å². The van der Waals surface area contributed by atoms with E-state index in [2.05, 4.69) is 5.32 Å². The van der Waals surface area contributed by atoms with E-state index in [9.17, 15) is 4.79 Å². The Hall–Kier alpha value is -1.16. The number of nitrogens with one attached hydrogen (secondary N) is 1. The number of ether oxygens (including phenoxy) is 1. The standard InChI is InChI=1S/C16H21NO2S/c1-19-13-4-6-14(7-5-13)20-10-16(18)17-15-9-11-2-3-12(15)8-11/h4-7,11-12,15H,2-3,8-10H2,1H3,(H,17,18)/t11-,12-,15-/m1/s1. The number of methoxy groups -OCH3 is 1. The zero-order valence-corrected chi connectivity index (χ0v) is 12.6. The van der Waals surface area contributed by atoms with Crippen molar-refractivity contribution in [3.05, 3.63) is 24.3 Å². The molecule has 0 heterocycles. The van der Waals surface area contributed by atoms with Gasteiger partial charge in [-0.2, -0.15) is 0 Å². The van der Waals surface area contributed by atoms with E-state index in [-0.39, 0.29) is 5.91 Å². The molecule has 3 atom stereocenters. The Balaban J connectivity index is 1.44. The fraction of sp³-hybridized carbons (Fsp3) is 0.562. The minimum absolute atomic E-state index is 0.170. The minimum Gasteiger partial charge on any atom is -0.497 e. The molecular formula is C16H21NO2S. The van der Waals surface area contributed by atoms with E-state index in [1.54, 1.807) is 18.9 Å². The second kappa shape index (κ2) is 6.08. The average molecular weight is 291 g/mol. The second-order valence-corrected chi connectivity index (χ2v) is 6.86. The molecule has 3 nitrogen and oxygen atoms in total. The van der Waals surface area contributed by atoms with Crippen molar-refractivity contribution in [3.63, 3.8) is 0 Å². The van der Waals surface area contributed by atoms with E-state index in [1.165, 1.54) is 25.7 Å². The van der Waals surface area contributed by atoms with Crippen molar-refractivity contribution in [2.75, 3.05) is 12.9 Å². The first-order valence-corrected chi connectivity index (χ1v) is 8.29. The summed E-state index contributed by atoms with van der Waals surface area (Å²) in [5, 5.41) is 3.22. The molecule has 108 valence electrons. The fourth-order valence-electron chi connectivity index (χ4n) is 3.49. The lowest BCUT2D eigenvalue weighted by atomic mass is 9.95. The van der Waals surface area contributed by atoms with Crippen molar-refractivity contribution in [1.82, 2.24) is 5.32 Å². The fourth-order valence-corrected chi connectivity index (χ4v) is 4.20. The topological polar surface area (TPSA) is 38.3 Å². The predicted octanol–water partition coefficient (Wildman–Crippen LogP) is 3.09. The summed E-state index contributed by atoms with van der Waals surface area (Å²) >= 11 is 1.58. The van der Waals surface area contributed by atoms with Gasteiger partial charge in [-0.1, -0.05) is 6.42 Å². The molecule has 2 aliphatic carbocycles. The van der Waals surface area contributed by atoms with Crippen molar-refractivity contribution in [1.29, 1.82) is 0 Å².